The van der Waals surface area contributed by atoms with Gasteiger partial charge in [0.05, 0.1) is 12.2 Å². The number of nitrogens with zero attached hydrogens (tertiary/aromatic N) is 1. The molecule has 0 radical (unpaired) electrons. The van der Waals surface area contributed by atoms with E-state index in [-0.39, 0.29) is 11.6 Å². The van der Waals surface area contributed by atoms with Crippen molar-refractivity contribution in [2.24, 2.45) is 5.92 Å². The second-order valence-corrected chi connectivity index (χ2v) is 5.46. The summed E-state index contributed by atoms with van der Waals surface area (Å²) in [5, 5.41) is 0. The zero-order chi connectivity index (χ0) is 14.1. The Hall–Kier alpha value is -1.49. The van der Waals surface area contributed by atoms with Crippen LogP contribution in [0.2, 0.25) is 0 Å². The largest absolute Gasteiger partial charge is 0.381 e. The van der Waals surface area contributed by atoms with E-state index in [1.807, 2.05) is 0 Å². The van der Waals surface area contributed by atoms with Crippen molar-refractivity contribution in [2.45, 2.75) is 25.3 Å². The van der Waals surface area contributed by atoms with Crippen LogP contribution in [0.4, 0.5) is 8.78 Å². The minimum atomic E-state index is -0.661. The molecule has 0 saturated carbocycles. The minimum absolute atomic E-state index is 0.0904. The standard InChI is InChI=1S/C15H17F2NO2/c16-11-3-4-13(17)12(8-11)15(19)18-6-1-2-10-9-20-7-5-14(10)18/h3-4,8,10,14H,1-2,5-7,9H2. The fraction of sp³-hybridized carbons (Fsp3) is 0.533. The highest BCUT2D eigenvalue weighted by Gasteiger charge is 2.37. The van der Waals surface area contributed by atoms with Gasteiger partial charge in [-0.3, -0.25) is 4.79 Å². The van der Waals surface area contributed by atoms with E-state index in [1.165, 1.54) is 0 Å². The Balaban J connectivity index is 1.87. The average Bonchev–Trinajstić information content (AvgIpc) is 2.48. The van der Waals surface area contributed by atoms with E-state index in [0.29, 0.717) is 25.7 Å². The maximum Gasteiger partial charge on any atom is 0.257 e. The molecule has 20 heavy (non-hydrogen) atoms. The lowest BCUT2D eigenvalue weighted by Gasteiger charge is -2.43. The third-order valence-corrected chi connectivity index (χ3v) is 4.23. The predicted octanol–water partition coefficient (Wildman–Crippen LogP) is 2.61. The van der Waals surface area contributed by atoms with Crippen molar-refractivity contribution in [3.8, 4) is 0 Å². The van der Waals surface area contributed by atoms with Gasteiger partial charge < -0.3 is 9.64 Å². The number of hydrogen-bond acceptors (Lipinski definition) is 2. The molecule has 2 aliphatic rings. The molecule has 0 N–H and O–H groups in total. The molecule has 2 saturated heterocycles. The van der Waals surface area contributed by atoms with Crippen LogP contribution >= 0.6 is 0 Å². The quantitative estimate of drug-likeness (QED) is 0.792. The molecule has 0 aliphatic carbocycles. The number of benzene rings is 1. The molecular weight excluding hydrogens is 264 g/mol. The summed E-state index contributed by atoms with van der Waals surface area (Å²) in [7, 11) is 0. The molecule has 5 heteroatoms. The van der Waals surface area contributed by atoms with E-state index in [9.17, 15) is 13.6 Å². The van der Waals surface area contributed by atoms with Gasteiger partial charge in [0.15, 0.2) is 0 Å². The molecule has 0 bridgehead atoms. The molecule has 0 spiro atoms. The highest BCUT2D eigenvalue weighted by molar-refractivity contribution is 5.94. The number of rotatable bonds is 1. The molecule has 2 unspecified atom stereocenters. The zero-order valence-corrected chi connectivity index (χ0v) is 11.1. The van der Waals surface area contributed by atoms with Crippen molar-refractivity contribution in [3.63, 3.8) is 0 Å². The van der Waals surface area contributed by atoms with E-state index in [2.05, 4.69) is 0 Å². The van der Waals surface area contributed by atoms with Crippen molar-refractivity contribution in [3.05, 3.63) is 35.4 Å². The van der Waals surface area contributed by atoms with Gasteiger partial charge in [-0.25, -0.2) is 8.78 Å². The van der Waals surface area contributed by atoms with E-state index >= 15 is 0 Å². The summed E-state index contributed by atoms with van der Waals surface area (Å²) < 4.78 is 32.5. The number of carbonyl (C=O) groups excluding carboxylic acids is 1. The van der Waals surface area contributed by atoms with E-state index < -0.39 is 17.5 Å². The van der Waals surface area contributed by atoms with Gasteiger partial charge >= 0.3 is 0 Å². The molecule has 2 aliphatic heterocycles. The Morgan fingerprint density at radius 2 is 2.15 bits per heavy atom. The van der Waals surface area contributed by atoms with Gasteiger partial charge in [-0.15, -0.1) is 0 Å². The first-order valence-corrected chi connectivity index (χ1v) is 7.00. The molecule has 1 aromatic carbocycles. The maximum atomic E-state index is 13.8. The number of piperidine rings is 1. The topological polar surface area (TPSA) is 29.5 Å². The van der Waals surface area contributed by atoms with Gasteiger partial charge in [-0.05, 0) is 37.5 Å². The molecular formula is C15H17F2NO2. The molecule has 2 fully saturated rings. The Labute approximate surface area is 116 Å². The fourth-order valence-electron chi connectivity index (χ4n) is 3.23. The van der Waals surface area contributed by atoms with Crippen LogP contribution in [0.25, 0.3) is 0 Å². The van der Waals surface area contributed by atoms with Crippen molar-refractivity contribution in [1.82, 2.24) is 4.90 Å². The normalized spacial score (nSPS) is 26.2. The van der Waals surface area contributed by atoms with Crippen LogP contribution in [0.3, 0.4) is 0 Å². The summed E-state index contributed by atoms with van der Waals surface area (Å²) in [4.78, 5) is 14.2. The number of fused-ring (bicyclic) bond motifs is 1. The van der Waals surface area contributed by atoms with Gasteiger partial charge in [0.1, 0.15) is 11.6 Å². The number of halogens is 2. The Bertz CT molecular complexity index is 519. The number of ether oxygens (including phenoxy) is 1. The summed E-state index contributed by atoms with van der Waals surface area (Å²) >= 11 is 0. The van der Waals surface area contributed by atoms with E-state index in [4.69, 9.17) is 4.74 Å². The van der Waals surface area contributed by atoms with Crippen molar-refractivity contribution < 1.29 is 18.3 Å². The molecule has 3 rings (SSSR count). The second kappa shape index (κ2) is 5.48. The van der Waals surface area contributed by atoms with Crippen LogP contribution in [-0.2, 0) is 4.74 Å². The second-order valence-electron chi connectivity index (χ2n) is 5.46. The molecule has 1 aromatic rings. The SMILES string of the molecule is O=C(c1cc(F)ccc1F)N1CCCC2COCCC21. The highest BCUT2D eigenvalue weighted by Crippen LogP contribution is 2.30. The highest BCUT2D eigenvalue weighted by atomic mass is 19.1. The maximum absolute atomic E-state index is 13.8. The molecule has 2 heterocycles. The summed E-state index contributed by atoms with van der Waals surface area (Å²) in [6, 6.07) is 3.11. The lowest BCUT2D eigenvalue weighted by molar-refractivity contribution is -0.0272. The monoisotopic (exact) mass is 281 g/mol. The van der Waals surface area contributed by atoms with Crippen LogP contribution in [0.5, 0.6) is 0 Å². The fourth-order valence-corrected chi connectivity index (χ4v) is 3.23. The Morgan fingerprint density at radius 3 is 3.00 bits per heavy atom. The summed E-state index contributed by atoms with van der Waals surface area (Å²) in [5.41, 5.74) is -0.169. The molecule has 0 aromatic heterocycles. The Kier molecular flexibility index (Phi) is 3.70. The van der Waals surface area contributed by atoms with Crippen molar-refractivity contribution >= 4 is 5.91 Å². The van der Waals surface area contributed by atoms with Gasteiger partial charge in [-0.1, -0.05) is 0 Å². The lowest BCUT2D eigenvalue weighted by atomic mass is 9.86. The number of likely N-dealkylation sites (tertiary alicyclic amines) is 1. The molecule has 3 nitrogen and oxygen atoms in total. The van der Waals surface area contributed by atoms with Gasteiger partial charge in [0.25, 0.3) is 5.91 Å². The third-order valence-electron chi connectivity index (χ3n) is 4.23. The van der Waals surface area contributed by atoms with Gasteiger partial charge in [0.2, 0.25) is 0 Å². The summed E-state index contributed by atoms with van der Waals surface area (Å²) in [6.07, 6.45) is 2.68. The molecule has 108 valence electrons. The van der Waals surface area contributed by atoms with Crippen molar-refractivity contribution in [1.29, 1.82) is 0 Å². The van der Waals surface area contributed by atoms with Crippen molar-refractivity contribution in [2.75, 3.05) is 19.8 Å². The smallest absolute Gasteiger partial charge is 0.257 e. The van der Waals surface area contributed by atoms with Crippen LogP contribution < -0.4 is 0 Å². The van der Waals surface area contributed by atoms with Gasteiger partial charge in [-0.2, -0.15) is 0 Å². The minimum Gasteiger partial charge on any atom is -0.381 e. The van der Waals surface area contributed by atoms with Gasteiger partial charge in [0, 0.05) is 25.1 Å². The molecule has 2 atom stereocenters. The third kappa shape index (κ3) is 2.42. The van der Waals surface area contributed by atoms with Crippen LogP contribution in [0.15, 0.2) is 18.2 Å². The summed E-state index contributed by atoms with van der Waals surface area (Å²) in [6.45, 7) is 1.88. The number of hydrogen-bond donors (Lipinski definition) is 0. The lowest BCUT2D eigenvalue weighted by Crippen LogP contribution is -2.52. The van der Waals surface area contributed by atoms with Crippen LogP contribution in [-0.4, -0.2) is 36.6 Å². The first-order chi connectivity index (χ1) is 9.66. The number of carbonyl (C=O) groups is 1. The molecule has 1 amide bonds. The van der Waals surface area contributed by atoms with E-state index in [0.717, 1.165) is 37.5 Å². The summed E-state index contributed by atoms with van der Waals surface area (Å²) in [5.74, 6) is -1.34. The first kappa shape index (κ1) is 13.5. The average molecular weight is 281 g/mol. The van der Waals surface area contributed by atoms with E-state index in [1.54, 1.807) is 4.90 Å². The predicted molar refractivity (Wildman–Crippen MR) is 69.3 cm³/mol. The zero-order valence-electron chi connectivity index (χ0n) is 11.1. The first-order valence-electron chi connectivity index (χ1n) is 7.00. The Morgan fingerprint density at radius 1 is 1.30 bits per heavy atom. The van der Waals surface area contributed by atoms with Crippen LogP contribution in [0.1, 0.15) is 29.6 Å². The van der Waals surface area contributed by atoms with Crippen LogP contribution in [0, 0.1) is 17.6 Å². The number of amides is 1.